The number of amides is 1. The van der Waals surface area contributed by atoms with Crippen molar-refractivity contribution in [2.45, 2.75) is 0 Å². The Morgan fingerprint density at radius 3 is 2.70 bits per heavy atom. The fourth-order valence-corrected chi connectivity index (χ4v) is 1.38. The molecule has 0 radical (unpaired) electrons. The summed E-state index contributed by atoms with van der Waals surface area (Å²) in [5.74, 6) is 0.965. The summed E-state index contributed by atoms with van der Waals surface area (Å²) < 4.78 is 15.2. The predicted molar refractivity (Wildman–Crippen MR) is 72.9 cm³/mol. The van der Waals surface area contributed by atoms with Gasteiger partial charge >= 0.3 is 0 Å². The molecule has 1 aromatic carbocycles. The van der Waals surface area contributed by atoms with E-state index < -0.39 is 0 Å². The largest absolute Gasteiger partial charge is 0.497 e. The number of hydrogen-bond acceptors (Lipinski definition) is 5. The molecule has 0 aliphatic heterocycles. The number of nitrogens with one attached hydrogen (secondary N) is 1. The molecule has 0 bridgehead atoms. The minimum Gasteiger partial charge on any atom is -0.497 e. The number of ether oxygens (including phenoxy) is 2. The highest BCUT2D eigenvalue weighted by molar-refractivity contribution is 5.82. The van der Waals surface area contributed by atoms with Crippen molar-refractivity contribution < 1.29 is 18.7 Å². The topological polar surface area (TPSA) is 73.1 Å². The maximum atomic E-state index is 11.5. The van der Waals surface area contributed by atoms with E-state index >= 15 is 0 Å². The Kier molecular flexibility index (Phi) is 4.77. The summed E-state index contributed by atoms with van der Waals surface area (Å²) in [6.45, 7) is -0.116. The van der Waals surface area contributed by atoms with Crippen LogP contribution in [0.1, 0.15) is 5.56 Å². The molecule has 1 heterocycles. The maximum Gasteiger partial charge on any atom is 0.277 e. The zero-order valence-electron chi connectivity index (χ0n) is 10.9. The van der Waals surface area contributed by atoms with Gasteiger partial charge < -0.3 is 13.9 Å². The number of rotatable bonds is 6. The second-order valence-electron chi connectivity index (χ2n) is 3.81. The van der Waals surface area contributed by atoms with Crippen LogP contribution in [0.25, 0.3) is 0 Å². The van der Waals surface area contributed by atoms with Crippen LogP contribution in [0, 0.1) is 0 Å². The molecule has 0 atom stereocenters. The number of hydrazone groups is 1. The first-order valence-electron chi connectivity index (χ1n) is 5.89. The van der Waals surface area contributed by atoms with E-state index in [1.54, 1.807) is 37.4 Å². The highest BCUT2D eigenvalue weighted by Crippen LogP contribution is 2.16. The van der Waals surface area contributed by atoms with Gasteiger partial charge in [0.2, 0.25) is 0 Å². The van der Waals surface area contributed by atoms with Crippen LogP contribution < -0.4 is 14.9 Å². The van der Waals surface area contributed by atoms with Gasteiger partial charge in [-0.15, -0.1) is 0 Å². The first kappa shape index (κ1) is 13.7. The molecule has 1 amide bonds. The van der Waals surface area contributed by atoms with Crippen molar-refractivity contribution in [3.05, 3.63) is 48.4 Å². The van der Waals surface area contributed by atoms with Gasteiger partial charge in [-0.25, -0.2) is 5.43 Å². The van der Waals surface area contributed by atoms with E-state index in [9.17, 15) is 4.79 Å². The number of carbonyl (C=O) groups is 1. The minimum atomic E-state index is -0.347. The quantitative estimate of drug-likeness (QED) is 0.644. The molecule has 1 N–H and O–H groups in total. The zero-order chi connectivity index (χ0) is 14.2. The second-order valence-corrected chi connectivity index (χ2v) is 3.81. The summed E-state index contributed by atoms with van der Waals surface area (Å²) in [6, 6.07) is 8.68. The number of furan rings is 1. The molecule has 6 nitrogen and oxygen atoms in total. The van der Waals surface area contributed by atoms with Crippen molar-refractivity contribution in [1.29, 1.82) is 0 Å². The van der Waals surface area contributed by atoms with E-state index in [4.69, 9.17) is 13.9 Å². The fourth-order valence-electron chi connectivity index (χ4n) is 1.38. The highest BCUT2D eigenvalue weighted by atomic mass is 16.5. The maximum absolute atomic E-state index is 11.5. The molecule has 2 rings (SSSR count). The summed E-state index contributed by atoms with van der Waals surface area (Å²) in [5.41, 5.74) is 3.12. The summed E-state index contributed by atoms with van der Waals surface area (Å²) in [7, 11) is 1.58. The summed E-state index contributed by atoms with van der Waals surface area (Å²) >= 11 is 0. The molecule has 20 heavy (non-hydrogen) atoms. The molecule has 1 aromatic heterocycles. The lowest BCUT2D eigenvalue weighted by atomic mass is 10.3. The number of carbonyl (C=O) groups excluding carboxylic acids is 1. The van der Waals surface area contributed by atoms with Gasteiger partial charge in [0.1, 0.15) is 11.5 Å². The number of nitrogens with zero attached hydrogens (tertiary/aromatic N) is 1. The van der Waals surface area contributed by atoms with Gasteiger partial charge in [-0.3, -0.25) is 4.79 Å². The molecular weight excluding hydrogens is 260 g/mol. The Balaban J connectivity index is 1.74. The van der Waals surface area contributed by atoms with Gasteiger partial charge in [-0.05, 0) is 30.3 Å². The minimum absolute atomic E-state index is 0.116. The Morgan fingerprint density at radius 1 is 1.30 bits per heavy atom. The van der Waals surface area contributed by atoms with Crippen LogP contribution in [-0.2, 0) is 4.79 Å². The average molecular weight is 274 g/mol. The molecule has 6 heteroatoms. The van der Waals surface area contributed by atoms with E-state index in [0.29, 0.717) is 5.75 Å². The Morgan fingerprint density at radius 2 is 2.05 bits per heavy atom. The van der Waals surface area contributed by atoms with Gasteiger partial charge in [0.05, 0.1) is 25.9 Å². The molecule has 0 aliphatic rings. The van der Waals surface area contributed by atoms with Crippen molar-refractivity contribution in [3.8, 4) is 11.5 Å². The van der Waals surface area contributed by atoms with E-state index in [0.717, 1.165) is 11.3 Å². The molecule has 0 saturated heterocycles. The van der Waals surface area contributed by atoms with Crippen molar-refractivity contribution in [2.24, 2.45) is 5.10 Å². The van der Waals surface area contributed by atoms with Crippen molar-refractivity contribution in [2.75, 3.05) is 13.7 Å². The average Bonchev–Trinajstić information content (AvgIpc) is 2.99. The van der Waals surface area contributed by atoms with Crippen LogP contribution in [0.4, 0.5) is 0 Å². The first-order chi connectivity index (χ1) is 9.78. The predicted octanol–water partition coefficient (Wildman–Crippen LogP) is 1.82. The van der Waals surface area contributed by atoms with Gasteiger partial charge in [0.15, 0.2) is 6.61 Å². The van der Waals surface area contributed by atoms with Crippen molar-refractivity contribution >= 4 is 12.1 Å². The SMILES string of the molecule is COc1ccc(OCC(=O)N/N=C/c2ccoc2)cc1. The Hall–Kier alpha value is -2.76. The molecule has 0 unspecified atom stereocenters. The normalized spacial score (nSPS) is 10.4. The molecule has 0 fully saturated rings. The molecular formula is C14H14N2O4. The summed E-state index contributed by atoms with van der Waals surface area (Å²) in [5, 5.41) is 3.77. The smallest absolute Gasteiger partial charge is 0.277 e. The summed E-state index contributed by atoms with van der Waals surface area (Å²) in [4.78, 5) is 11.5. The lowest BCUT2D eigenvalue weighted by Gasteiger charge is -2.05. The van der Waals surface area contributed by atoms with Crippen molar-refractivity contribution in [1.82, 2.24) is 5.43 Å². The monoisotopic (exact) mass is 274 g/mol. The van der Waals surface area contributed by atoms with Gasteiger partial charge in [-0.2, -0.15) is 5.10 Å². The fraction of sp³-hybridized carbons (Fsp3) is 0.143. The Labute approximate surface area is 116 Å². The van der Waals surface area contributed by atoms with Crippen LogP contribution in [0.15, 0.2) is 52.4 Å². The summed E-state index contributed by atoms with van der Waals surface area (Å²) in [6.07, 6.45) is 4.52. The van der Waals surface area contributed by atoms with Crippen LogP contribution >= 0.6 is 0 Å². The van der Waals surface area contributed by atoms with Gasteiger partial charge in [-0.1, -0.05) is 0 Å². The first-order valence-corrected chi connectivity index (χ1v) is 5.89. The molecule has 2 aromatic rings. The number of benzene rings is 1. The van der Waals surface area contributed by atoms with Crippen LogP contribution in [0.3, 0.4) is 0 Å². The lowest BCUT2D eigenvalue weighted by Crippen LogP contribution is -2.24. The van der Waals surface area contributed by atoms with Crippen LogP contribution in [-0.4, -0.2) is 25.8 Å². The van der Waals surface area contributed by atoms with Crippen LogP contribution in [0.5, 0.6) is 11.5 Å². The van der Waals surface area contributed by atoms with Crippen molar-refractivity contribution in [3.63, 3.8) is 0 Å². The Bertz CT molecular complexity index is 561. The molecule has 104 valence electrons. The molecule has 0 aliphatic carbocycles. The standard InChI is InChI=1S/C14H14N2O4/c1-18-12-2-4-13(5-3-12)20-10-14(17)16-15-8-11-6-7-19-9-11/h2-9H,10H2,1H3,(H,16,17)/b15-8+. The van der Waals surface area contributed by atoms with Gasteiger partial charge in [0.25, 0.3) is 5.91 Å². The van der Waals surface area contributed by atoms with Gasteiger partial charge in [0, 0.05) is 5.56 Å². The lowest BCUT2D eigenvalue weighted by molar-refractivity contribution is -0.123. The third-order valence-corrected chi connectivity index (χ3v) is 2.38. The number of hydrogen-bond donors (Lipinski definition) is 1. The third-order valence-electron chi connectivity index (χ3n) is 2.38. The molecule has 0 saturated carbocycles. The highest BCUT2D eigenvalue weighted by Gasteiger charge is 2.01. The molecule has 0 spiro atoms. The van der Waals surface area contributed by atoms with E-state index in [1.165, 1.54) is 18.7 Å². The number of methoxy groups -OCH3 is 1. The van der Waals surface area contributed by atoms with Crippen LogP contribution in [0.2, 0.25) is 0 Å². The third kappa shape index (κ3) is 4.16. The zero-order valence-corrected chi connectivity index (χ0v) is 10.9. The van der Waals surface area contributed by atoms with E-state index in [-0.39, 0.29) is 12.5 Å². The van der Waals surface area contributed by atoms with E-state index in [2.05, 4.69) is 10.5 Å². The van der Waals surface area contributed by atoms with E-state index in [1.807, 2.05) is 0 Å². The second kappa shape index (κ2) is 6.98.